The van der Waals surface area contributed by atoms with Gasteiger partial charge in [0.25, 0.3) is 0 Å². The maximum absolute atomic E-state index is 12.1. The fourth-order valence-corrected chi connectivity index (χ4v) is 1.73. The van der Waals surface area contributed by atoms with Gasteiger partial charge < -0.3 is 0 Å². The average Bonchev–Trinajstić information content (AvgIpc) is 2.38. The van der Waals surface area contributed by atoms with E-state index >= 15 is 0 Å². The van der Waals surface area contributed by atoms with Crippen LogP contribution in [0.25, 0.3) is 0 Å². The molecular weight excluding hydrogens is 224 g/mol. The summed E-state index contributed by atoms with van der Waals surface area (Å²) in [6, 6.07) is 11.1. The number of nitrogens with zero attached hydrogens (tertiary/aromatic N) is 2. The summed E-state index contributed by atoms with van der Waals surface area (Å²) in [6.07, 6.45) is 3.23. The molecule has 1 aromatic heterocycles. The summed E-state index contributed by atoms with van der Waals surface area (Å²) in [4.78, 5) is 3.90. The van der Waals surface area contributed by atoms with Gasteiger partial charge in [-0.3, -0.25) is 4.98 Å². The predicted molar refractivity (Wildman–Crippen MR) is 72.2 cm³/mol. The quantitative estimate of drug-likeness (QED) is 0.748. The third-order valence-electron chi connectivity index (χ3n) is 2.87. The zero-order valence-electron chi connectivity index (χ0n) is 10.9. The van der Waals surface area contributed by atoms with E-state index in [1.54, 1.807) is 24.5 Å². The van der Waals surface area contributed by atoms with Crippen molar-refractivity contribution >= 4 is 11.4 Å². The molecule has 93 valence electrons. The zero-order chi connectivity index (χ0) is 13.2. The highest BCUT2D eigenvalue weighted by molar-refractivity contribution is 5.59. The first-order chi connectivity index (χ1) is 8.48. The molecule has 0 aliphatic heterocycles. The highest BCUT2D eigenvalue weighted by Gasteiger charge is 2.14. The van der Waals surface area contributed by atoms with E-state index in [0.29, 0.717) is 11.4 Å². The molecule has 1 aromatic carbocycles. The number of pyridine rings is 1. The Morgan fingerprint density at radius 1 is 0.889 bits per heavy atom. The van der Waals surface area contributed by atoms with Gasteiger partial charge in [0.2, 0.25) is 0 Å². The molecule has 0 unspecified atom stereocenters. The summed E-state index contributed by atoms with van der Waals surface area (Å²) in [6.45, 7) is 6.46. The molecule has 0 bridgehead atoms. The predicted octanol–water partition coefficient (Wildman–Crippen LogP) is 3.86. The maximum Gasteiger partial charge on any atom is 0.0757 e. The summed E-state index contributed by atoms with van der Waals surface area (Å²) in [5.41, 5.74) is 2.54. The monoisotopic (exact) mass is 241 g/mol. The van der Waals surface area contributed by atoms with Gasteiger partial charge in [0.15, 0.2) is 0 Å². The standard InChI is InChI=1S/C15H17N2O/c1-15(2,3)12-4-6-13(7-5-12)17(18)14-8-10-16-11-9-14/h4-11H,1-3H3. The molecule has 0 aliphatic rings. The minimum Gasteiger partial charge on any atom is -0.265 e. The van der Waals surface area contributed by atoms with Crippen LogP contribution < -0.4 is 5.06 Å². The molecule has 0 N–H and O–H groups in total. The van der Waals surface area contributed by atoms with Crippen LogP contribution in [0.2, 0.25) is 0 Å². The van der Waals surface area contributed by atoms with Gasteiger partial charge in [-0.25, -0.2) is 0 Å². The van der Waals surface area contributed by atoms with Gasteiger partial charge in [-0.05, 0) is 35.2 Å². The summed E-state index contributed by atoms with van der Waals surface area (Å²) in [7, 11) is 0. The molecule has 0 fully saturated rings. The van der Waals surface area contributed by atoms with Gasteiger partial charge in [-0.2, -0.15) is 5.06 Å². The smallest absolute Gasteiger partial charge is 0.0757 e. The Morgan fingerprint density at radius 3 is 1.89 bits per heavy atom. The van der Waals surface area contributed by atoms with Crippen molar-refractivity contribution in [2.45, 2.75) is 26.2 Å². The van der Waals surface area contributed by atoms with Gasteiger partial charge in [-0.15, -0.1) is 0 Å². The SMILES string of the molecule is CC(C)(C)c1ccc(N([O])c2ccncc2)cc1. The van der Waals surface area contributed by atoms with Crippen molar-refractivity contribution in [3.63, 3.8) is 0 Å². The molecule has 0 spiro atoms. The van der Waals surface area contributed by atoms with Crippen LogP contribution in [-0.4, -0.2) is 4.98 Å². The summed E-state index contributed by atoms with van der Waals surface area (Å²) < 4.78 is 0. The molecule has 1 heterocycles. The van der Waals surface area contributed by atoms with Crippen molar-refractivity contribution < 1.29 is 5.21 Å². The number of hydrogen-bond acceptors (Lipinski definition) is 2. The number of anilines is 2. The molecule has 0 saturated carbocycles. The molecule has 1 radical (unpaired) electrons. The largest absolute Gasteiger partial charge is 0.265 e. The number of benzene rings is 1. The zero-order valence-corrected chi connectivity index (χ0v) is 10.9. The molecule has 2 rings (SSSR count). The third-order valence-corrected chi connectivity index (χ3v) is 2.87. The first-order valence-electron chi connectivity index (χ1n) is 5.96. The van der Waals surface area contributed by atoms with Gasteiger partial charge in [0, 0.05) is 12.4 Å². The third kappa shape index (κ3) is 2.68. The Hall–Kier alpha value is -1.87. The lowest BCUT2D eigenvalue weighted by Gasteiger charge is -2.20. The van der Waals surface area contributed by atoms with Crippen molar-refractivity contribution in [2.75, 3.05) is 5.06 Å². The molecule has 0 atom stereocenters. The maximum atomic E-state index is 12.1. The molecule has 3 nitrogen and oxygen atoms in total. The van der Waals surface area contributed by atoms with Crippen LogP contribution in [0, 0.1) is 0 Å². The lowest BCUT2D eigenvalue weighted by atomic mass is 9.87. The second kappa shape index (κ2) is 4.78. The van der Waals surface area contributed by atoms with E-state index in [4.69, 9.17) is 0 Å². The van der Waals surface area contributed by atoms with Crippen molar-refractivity contribution in [1.29, 1.82) is 0 Å². The van der Waals surface area contributed by atoms with Gasteiger partial charge in [0.05, 0.1) is 11.4 Å². The van der Waals surface area contributed by atoms with E-state index in [0.717, 1.165) is 5.06 Å². The average molecular weight is 241 g/mol. The Bertz CT molecular complexity index is 500. The van der Waals surface area contributed by atoms with Crippen molar-refractivity contribution in [1.82, 2.24) is 4.98 Å². The normalized spacial score (nSPS) is 11.3. The number of hydrogen-bond donors (Lipinski definition) is 0. The molecule has 18 heavy (non-hydrogen) atoms. The molecule has 0 aliphatic carbocycles. The Labute approximate surface area is 108 Å². The van der Waals surface area contributed by atoms with Crippen molar-refractivity contribution in [3.05, 3.63) is 54.4 Å². The van der Waals surface area contributed by atoms with Crippen LogP contribution >= 0.6 is 0 Å². The topological polar surface area (TPSA) is 36.0 Å². The van der Waals surface area contributed by atoms with Crippen LogP contribution in [0.15, 0.2) is 48.8 Å². The van der Waals surface area contributed by atoms with Crippen LogP contribution in [0.3, 0.4) is 0 Å². The van der Waals surface area contributed by atoms with Gasteiger partial charge in [0.1, 0.15) is 0 Å². The first kappa shape index (κ1) is 12.6. The summed E-state index contributed by atoms with van der Waals surface area (Å²) in [5, 5.41) is 13.0. The van der Waals surface area contributed by atoms with Crippen molar-refractivity contribution in [3.8, 4) is 0 Å². The highest BCUT2D eigenvalue weighted by atomic mass is 16.5. The lowest BCUT2D eigenvalue weighted by molar-refractivity contribution is 0.196. The van der Waals surface area contributed by atoms with Crippen LogP contribution in [0.1, 0.15) is 26.3 Å². The molecule has 3 heteroatoms. The summed E-state index contributed by atoms with van der Waals surface area (Å²) >= 11 is 0. The van der Waals surface area contributed by atoms with E-state index in [1.807, 2.05) is 24.3 Å². The molecule has 2 aromatic rings. The number of rotatable bonds is 2. The second-order valence-electron chi connectivity index (χ2n) is 5.30. The first-order valence-corrected chi connectivity index (χ1v) is 5.96. The van der Waals surface area contributed by atoms with Crippen LogP contribution in [0.4, 0.5) is 11.4 Å². The lowest BCUT2D eigenvalue weighted by Crippen LogP contribution is -2.12. The van der Waals surface area contributed by atoms with Crippen LogP contribution in [-0.2, 0) is 10.6 Å². The minimum atomic E-state index is 0.100. The number of aromatic nitrogens is 1. The fraction of sp³-hybridized carbons (Fsp3) is 0.267. The van der Waals surface area contributed by atoms with E-state index in [1.165, 1.54) is 5.56 Å². The molecule has 0 saturated heterocycles. The van der Waals surface area contributed by atoms with E-state index in [2.05, 4.69) is 25.8 Å². The molecule has 0 amide bonds. The summed E-state index contributed by atoms with van der Waals surface area (Å²) in [5.74, 6) is 0. The van der Waals surface area contributed by atoms with E-state index in [-0.39, 0.29) is 5.41 Å². The van der Waals surface area contributed by atoms with E-state index < -0.39 is 0 Å². The van der Waals surface area contributed by atoms with Gasteiger partial charge >= 0.3 is 0 Å². The fourth-order valence-electron chi connectivity index (χ4n) is 1.73. The second-order valence-corrected chi connectivity index (χ2v) is 5.30. The highest BCUT2D eigenvalue weighted by Crippen LogP contribution is 2.27. The minimum absolute atomic E-state index is 0.100. The Balaban J connectivity index is 2.25. The van der Waals surface area contributed by atoms with Crippen molar-refractivity contribution in [2.24, 2.45) is 0 Å². The molecular formula is C15H17N2O. The Morgan fingerprint density at radius 2 is 1.39 bits per heavy atom. The van der Waals surface area contributed by atoms with Crippen LogP contribution in [0.5, 0.6) is 0 Å². The van der Waals surface area contributed by atoms with Gasteiger partial charge in [-0.1, -0.05) is 38.1 Å². The van der Waals surface area contributed by atoms with E-state index in [9.17, 15) is 5.21 Å². The Kier molecular flexibility index (Phi) is 3.34.